The normalized spacial score (nSPS) is 8.00. The lowest BCUT2D eigenvalue weighted by molar-refractivity contribution is 0.558. The third-order valence-electron chi connectivity index (χ3n) is 0.630. The summed E-state index contributed by atoms with van der Waals surface area (Å²) in [5, 5.41) is 3.00. The molecule has 1 aromatic rings. The average molecular weight is 125 g/mol. The van der Waals surface area contributed by atoms with Crippen LogP contribution in [0.25, 0.3) is 0 Å². The Labute approximate surface area is 50.4 Å². The first-order chi connectivity index (χ1) is 4.43. The monoisotopic (exact) mass is 125 g/mol. The highest BCUT2D eigenvalue weighted by Crippen LogP contribution is 1.98. The van der Waals surface area contributed by atoms with Gasteiger partial charge in [0.25, 0.3) is 6.08 Å². The zero-order valence-corrected chi connectivity index (χ0v) is 4.37. The fraction of sp³-hybridized carbons (Fsp3) is 0. The minimum Gasteiger partial charge on any atom is -0.431 e. The average Bonchev–Trinajstić information content (AvgIpc) is 2.34. The van der Waals surface area contributed by atoms with Crippen LogP contribution in [0.3, 0.4) is 0 Å². The zero-order valence-electron chi connectivity index (χ0n) is 4.37. The first-order valence-electron chi connectivity index (χ1n) is 2.16. The lowest BCUT2D eigenvalue weighted by Gasteiger charge is -1.83. The Morgan fingerprint density at radius 2 is 2.78 bits per heavy atom. The van der Waals surface area contributed by atoms with Gasteiger partial charge in [-0.3, -0.25) is 0 Å². The summed E-state index contributed by atoms with van der Waals surface area (Å²) in [5.41, 5.74) is 2.20. The Hall–Kier alpha value is -1.61. The molecule has 1 heterocycles. The van der Waals surface area contributed by atoms with Crippen molar-refractivity contribution in [2.24, 2.45) is 5.10 Å². The van der Waals surface area contributed by atoms with E-state index < -0.39 is 0 Å². The molecule has 1 aromatic heterocycles. The molecule has 0 saturated heterocycles. The van der Waals surface area contributed by atoms with Gasteiger partial charge in [-0.05, 0) is 0 Å². The number of hydrogen-bond acceptors (Lipinski definition) is 5. The van der Waals surface area contributed by atoms with Gasteiger partial charge in [0.2, 0.25) is 0 Å². The molecule has 0 unspecified atom stereocenters. The summed E-state index contributed by atoms with van der Waals surface area (Å²) in [6, 6.07) is 0.179. The van der Waals surface area contributed by atoms with Crippen LogP contribution in [0.1, 0.15) is 0 Å². The fourth-order valence-corrected chi connectivity index (χ4v) is 0.349. The van der Waals surface area contributed by atoms with Crippen LogP contribution in [-0.2, 0) is 4.79 Å². The quantitative estimate of drug-likeness (QED) is 0.351. The van der Waals surface area contributed by atoms with E-state index in [0.29, 0.717) is 0 Å². The molecular weight excluding hydrogens is 122 g/mol. The van der Waals surface area contributed by atoms with Gasteiger partial charge in [0, 0.05) is 0 Å². The Balaban J connectivity index is 2.57. The molecule has 0 radical (unpaired) electrons. The van der Waals surface area contributed by atoms with E-state index in [9.17, 15) is 4.79 Å². The second-order valence-electron chi connectivity index (χ2n) is 1.15. The predicted molar refractivity (Wildman–Crippen MR) is 28.2 cm³/mol. The summed E-state index contributed by atoms with van der Waals surface area (Å²) in [6.07, 6.45) is 4.07. The number of anilines is 1. The van der Waals surface area contributed by atoms with Crippen LogP contribution < -0.4 is 5.43 Å². The summed E-state index contributed by atoms with van der Waals surface area (Å²) in [4.78, 5) is 13.1. The second kappa shape index (κ2) is 2.64. The molecule has 0 aliphatic heterocycles. The van der Waals surface area contributed by atoms with Gasteiger partial charge in [0.05, 0.1) is 6.20 Å². The molecule has 0 aliphatic rings. The van der Waals surface area contributed by atoms with Crippen LogP contribution in [-0.4, -0.2) is 11.1 Å². The van der Waals surface area contributed by atoms with Gasteiger partial charge in [-0.15, -0.1) is 0 Å². The van der Waals surface area contributed by atoms with Crippen molar-refractivity contribution >= 4 is 12.1 Å². The highest BCUT2D eigenvalue weighted by molar-refractivity contribution is 5.36. The number of rotatable bonds is 2. The fourth-order valence-electron chi connectivity index (χ4n) is 0.349. The molecule has 0 amide bonds. The van der Waals surface area contributed by atoms with E-state index in [1.165, 1.54) is 18.5 Å². The van der Waals surface area contributed by atoms with Gasteiger partial charge in [-0.2, -0.15) is 0 Å². The zero-order chi connectivity index (χ0) is 6.53. The molecule has 5 nitrogen and oxygen atoms in total. The Bertz CT molecular complexity index is 212. The van der Waals surface area contributed by atoms with Crippen molar-refractivity contribution < 1.29 is 9.21 Å². The van der Waals surface area contributed by atoms with E-state index in [4.69, 9.17) is 0 Å². The van der Waals surface area contributed by atoms with Crippen LogP contribution in [0, 0.1) is 0 Å². The summed E-state index contributed by atoms with van der Waals surface area (Å²) in [6.45, 7) is 0. The van der Waals surface area contributed by atoms with Crippen molar-refractivity contribution in [2.75, 3.05) is 5.43 Å². The molecule has 0 aromatic carbocycles. The van der Waals surface area contributed by atoms with Crippen LogP contribution in [0.4, 0.5) is 6.01 Å². The van der Waals surface area contributed by atoms with Crippen molar-refractivity contribution in [3.8, 4) is 0 Å². The Morgan fingerprint density at radius 3 is 3.33 bits per heavy atom. The number of carbonyl (C=O) groups excluding carboxylic acids is 1. The van der Waals surface area contributed by atoms with E-state index in [0.717, 1.165) is 0 Å². The number of aromatic nitrogens is 1. The van der Waals surface area contributed by atoms with Crippen molar-refractivity contribution in [3.05, 3.63) is 12.5 Å². The molecule has 1 rings (SSSR count). The minimum atomic E-state index is 0.179. The van der Waals surface area contributed by atoms with Crippen LogP contribution in [0.15, 0.2) is 22.0 Å². The van der Waals surface area contributed by atoms with E-state index in [-0.39, 0.29) is 6.01 Å². The maximum Gasteiger partial charge on any atom is 0.316 e. The Morgan fingerprint density at radius 1 is 1.89 bits per heavy atom. The molecule has 5 heteroatoms. The van der Waals surface area contributed by atoms with Gasteiger partial charge in [0.1, 0.15) is 6.26 Å². The lowest BCUT2D eigenvalue weighted by atomic mass is 11.0. The molecular formula is C4H3N3O2. The number of hydrazone groups is 1. The minimum absolute atomic E-state index is 0.179. The van der Waals surface area contributed by atoms with Gasteiger partial charge < -0.3 is 4.42 Å². The number of oxazole rings is 1. The summed E-state index contributed by atoms with van der Waals surface area (Å²) < 4.78 is 4.64. The topological polar surface area (TPSA) is 67.5 Å². The molecule has 0 saturated carbocycles. The molecule has 0 spiro atoms. The second-order valence-corrected chi connectivity index (χ2v) is 1.15. The molecule has 0 aliphatic carbocycles. The van der Waals surface area contributed by atoms with Gasteiger partial charge in [-0.25, -0.2) is 15.2 Å². The molecule has 0 bridgehead atoms. The summed E-state index contributed by atoms with van der Waals surface area (Å²) in [5.74, 6) is 0. The predicted octanol–water partition coefficient (Wildman–Crippen LogP) is 0.337. The summed E-state index contributed by atoms with van der Waals surface area (Å²) in [7, 11) is 0. The van der Waals surface area contributed by atoms with Crippen LogP contribution in [0.2, 0.25) is 0 Å². The molecule has 9 heavy (non-hydrogen) atoms. The highest BCUT2D eigenvalue weighted by Gasteiger charge is 1.88. The van der Waals surface area contributed by atoms with Crippen molar-refractivity contribution in [1.29, 1.82) is 0 Å². The maximum absolute atomic E-state index is 9.48. The molecule has 0 fully saturated rings. The van der Waals surface area contributed by atoms with Crippen LogP contribution >= 0.6 is 0 Å². The van der Waals surface area contributed by atoms with Gasteiger partial charge in [0.15, 0.2) is 0 Å². The van der Waals surface area contributed by atoms with Crippen molar-refractivity contribution in [2.45, 2.75) is 0 Å². The number of nitrogens with zero attached hydrogens (tertiary/aromatic N) is 2. The SMILES string of the molecule is O=C=NNc1ncco1. The number of nitrogens with one attached hydrogen (secondary N) is 1. The standard InChI is InChI=1S/C4H3N3O2/c8-3-6-7-4-5-1-2-9-4/h1-2H,(H,5,7). The van der Waals surface area contributed by atoms with E-state index in [1.807, 2.05) is 0 Å². The third kappa shape index (κ3) is 1.40. The van der Waals surface area contributed by atoms with E-state index in [1.54, 1.807) is 0 Å². The van der Waals surface area contributed by atoms with E-state index >= 15 is 0 Å². The molecule has 1 N–H and O–H groups in total. The smallest absolute Gasteiger partial charge is 0.316 e. The Kier molecular flexibility index (Phi) is 1.62. The van der Waals surface area contributed by atoms with Gasteiger partial charge >= 0.3 is 6.01 Å². The maximum atomic E-state index is 9.48. The van der Waals surface area contributed by atoms with Gasteiger partial charge in [-0.1, -0.05) is 5.10 Å². The first-order valence-corrected chi connectivity index (χ1v) is 2.16. The largest absolute Gasteiger partial charge is 0.431 e. The highest BCUT2D eigenvalue weighted by atomic mass is 16.4. The molecule has 46 valence electrons. The number of isocyanates is 1. The lowest BCUT2D eigenvalue weighted by Crippen LogP contribution is -1.84. The van der Waals surface area contributed by atoms with Crippen LogP contribution in [0.5, 0.6) is 0 Å². The summed E-state index contributed by atoms with van der Waals surface area (Å²) >= 11 is 0. The third-order valence-corrected chi connectivity index (χ3v) is 0.630. The number of hydrogen-bond donors (Lipinski definition) is 1. The van der Waals surface area contributed by atoms with Crippen molar-refractivity contribution in [1.82, 2.24) is 4.98 Å². The molecule has 0 atom stereocenters. The first kappa shape index (κ1) is 5.53. The van der Waals surface area contributed by atoms with Crippen molar-refractivity contribution in [3.63, 3.8) is 0 Å². The van der Waals surface area contributed by atoms with E-state index in [2.05, 4.69) is 19.9 Å².